The summed E-state index contributed by atoms with van der Waals surface area (Å²) in [6, 6.07) is 19.2. The first kappa shape index (κ1) is 9.28. The molecule has 0 unspecified atom stereocenters. The fourth-order valence-electron chi connectivity index (χ4n) is 2.15. The summed E-state index contributed by atoms with van der Waals surface area (Å²) in [5.74, 6) is 0. The van der Waals surface area contributed by atoms with Gasteiger partial charge in [-0.15, -0.1) is 0 Å². The van der Waals surface area contributed by atoms with Crippen LogP contribution in [0.25, 0.3) is 0 Å². The highest BCUT2D eigenvalue weighted by Crippen LogP contribution is 2.31. The van der Waals surface area contributed by atoms with Gasteiger partial charge >= 0.3 is 0 Å². The SMILES string of the molecule is c1ccc(N[C@@H]2CNc3ccccc32)cc1. The minimum absolute atomic E-state index is 0.374. The van der Waals surface area contributed by atoms with E-state index in [1.807, 2.05) is 6.07 Å². The Balaban J connectivity index is 1.84. The first-order chi connectivity index (χ1) is 7.93. The van der Waals surface area contributed by atoms with E-state index in [9.17, 15) is 0 Å². The van der Waals surface area contributed by atoms with E-state index in [4.69, 9.17) is 0 Å². The Kier molecular flexibility index (Phi) is 2.26. The zero-order chi connectivity index (χ0) is 10.8. The molecule has 1 atom stereocenters. The van der Waals surface area contributed by atoms with Crippen molar-refractivity contribution in [3.05, 3.63) is 60.2 Å². The summed E-state index contributed by atoms with van der Waals surface area (Å²) in [6.07, 6.45) is 0. The van der Waals surface area contributed by atoms with Gasteiger partial charge in [-0.1, -0.05) is 36.4 Å². The molecular formula is C14H14N2. The lowest BCUT2D eigenvalue weighted by molar-refractivity contribution is 0.872. The number of hydrogen-bond donors (Lipinski definition) is 2. The fraction of sp³-hybridized carbons (Fsp3) is 0.143. The van der Waals surface area contributed by atoms with Crippen molar-refractivity contribution in [1.29, 1.82) is 0 Å². The molecule has 1 aliphatic rings. The molecule has 0 saturated carbocycles. The van der Waals surface area contributed by atoms with Crippen LogP contribution in [0.15, 0.2) is 54.6 Å². The largest absolute Gasteiger partial charge is 0.382 e. The van der Waals surface area contributed by atoms with Crippen molar-refractivity contribution >= 4 is 11.4 Å². The zero-order valence-electron chi connectivity index (χ0n) is 8.98. The smallest absolute Gasteiger partial charge is 0.0706 e. The number of fused-ring (bicyclic) bond motifs is 1. The summed E-state index contributed by atoms with van der Waals surface area (Å²) in [5, 5.41) is 6.94. The molecule has 0 spiro atoms. The predicted octanol–water partition coefficient (Wildman–Crippen LogP) is 3.27. The van der Waals surface area contributed by atoms with E-state index < -0.39 is 0 Å². The van der Waals surface area contributed by atoms with Gasteiger partial charge in [-0.05, 0) is 23.8 Å². The minimum Gasteiger partial charge on any atom is -0.382 e. The van der Waals surface area contributed by atoms with Gasteiger partial charge in [0.05, 0.1) is 6.04 Å². The van der Waals surface area contributed by atoms with Gasteiger partial charge in [0.15, 0.2) is 0 Å². The third-order valence-corrected chi connectivity index (χ3v) is 2.95. The van der Waals surface area contributed by atoms with Gasteiger partial charge in [0.25, 0.3) is 0 Å². The maximum atomic E-state index is 3.53. The Morgan fingerprint density at radius 1 is 0.938 bits per heavy atom. The normalized spacial score (nSPS) is 17.6. The third-order valence-electron chi connectivity index (χ3n) is 2.95. The van der Waals surface area contributed by atoms with Crippen LogP contribution in [0.2, 0.25) is 0 Å². The second-order valence-electron chi connectivity index (χ2n) is 4.03. The molecule has 2 aromatic rings. The summed E-state index contributed by atoms with van der Waals surface area (Å²) in [6.45, 7) is 0.953. The third kappa shape index (κ3) is 1.63. The molecular weight excluding hydrogens is 196 g/mol. The summed E-state index contributed by atoms with van der Waals surface area (Å²) in [5.41, 5.74) is 3.77. The van der Waals surface area contributed by atoms with Crippen molar-refractivity contribution < 1.29 is 0 Å². The van der Waals surface area contributed by atoms with Crippen LogP contribution in [-0.4, -0.2) is 6.54 Å². The Hall–Kier alpha value is -1.96. The monoisotopic (exact) mass is 210 g/mol. The second-order valence-corrected chi connectivity index (χ2v) is 4.03. The Bertz CT molecular complexity index is 479. The van der Waals surface area contributed by atoms with Crippen LogP contribution in [0.4, 0.5) is 11.4 Å². The average molecular weight is 210 g/mol. The van der Waals surface area contributed by atoms with Crippen LogP contribution in [0.1, 0.15) is 11.6 Å². The molecule has 0 amide bonds. The van der Waals surface area contributed by atoms with Crippen molar-refractivity contribution in [1.82, 2.24) is 0 Å². The van der Waals surface area contributed by atoms with E-state index in [2.05, 4.69) is 59.2 Å². The molecule has 2 N–H and O–H groups in total. The number of nitrogens with one attached hydrogen (secondary N) is 2. The lowest BCUT2D eigenvalue weighted by Gasteiger charge is -2.13. The number of benzene rings is 2. The van der Waals surface area contributed by atoms with E-state index in [0.29, 0.717) is 6.04 Å². The van der Waals surface area contributed by atoms with E-state index >= 15 is 0 Å². The molecule has 0 saturated heterocycles. The molecule has 0 aromatic heterocycles. The molecule has 80 valence electrons. The van der Waals surface area contributed by atoms with Gasteiger partial charge in [0, 0.05) is 17.9 Å². The Labute approximate surface area is 95.3 Å². The number of hydrogen-bond acceptors (Lipinski definition) is 2. The van der Waals surface area contributed by atoms with Crippen LogP contribution >= 0.6 is 0 Å². The first-order valence-corrected chi connectivity index (χ1v) is 5.58. The van der Waals surface area contributed by atoms with Crippen LogP contribution in [0.3, 0.4) is 0 Å². The van der Waals surface area contributed by atoms with Crippen molar-refractivity contribution in [2.24, 2.45) is 0 Å². The standard InChI is InChI=1S/C14H14N2/c1-2-6-11(7-3-1)16-14-10-15-13-9-5-4-8-12(13)14/h1-9,14-16H,10H2/t14-/m1/s1. The van der Waals surface area contributed by atoms with Gasteiger partial charge in [-0.3, -0.25) is 0 Å². The van der Waals surface area contributed by atoms with E-state index in [-0.39, 0.29) is 0 Å². The van der Waals surface area contributed by atoms with Crippen molar-refractivity contribution in [3.63, 3.8) is 0 Å². The molecule has 3 rings (SSSR count). The van der Waals surface area contributed by atoms with Gasteiger partial charge in [0.2, 0.25) is 0 Å². The molecule has 0 aliphatic carbocycles. The Morgan fingerprint density at radius 2 is 1.69 bits per heavy atom. The topological polar surface area (TPSA) is 24.1 Å². The summed E-state index contributed by atoms with van der Waals surface area (Å²) >= 11 is 0. The highest BCUT2D eigenvalue weighted by Gasteiger charge is 2.20. The van der Waals surface area contributed by atoms with E-state index in [1.165, 1.54) is 16.9 Å². The van der Waals surface area contributed by atoms with E-state index in [1.54, 1.807) is 0 Å². The molecule has 1 heterocycles. The molecule has 2 heteroatoms. The van der Waals surface area contributed by atoms with Crippen molar-refractivity contribution in [3.8, 4) is 0 Å². The average Bonchev–Trinajstić information content (AvgIpc) is 2.74. The maximum absolute atomic E-state index is 3.53. The molecule has 2 nitrogen and oxygen atoms in total. The Morgan fingerprint density at radius 3 is 2.56 bits per heavy atom. The molecule has 16 heavy (non-hydrogen) atoms. The first-order valence-electron chi connectivity index (χ1n) is 5.58. The van der Waals surface area contributed by atoms with Crippen LogP contribution in [0.5, 0.6) is 0 Å². The maximum Gasteiger partial charge on any atom is 0.0706 e. The molecule has 0 radical (unpaired) electrons. The summed E-state index contributed by atoms with van der Waals surface area (Å²) in [4.78, 5) is 0. The number of rotatable bonds is 2. The van der Waals surface area contributed by atoms with Crippen LogP contribution in [-0.2, 0) is 0 Å². The second kappa shape index (κ2) is 3.89. The quantitative estimate of drug-likeness (QED) is 0.795. The van der Waals surface area contributed by atoms with Crippen molar-refractivity contribution in [2.45, 2.75) is 6.04 Å². The van der Waals surface area contributed by atoms with Crippen LogP contribution in [0, 0.1) is 0 Å². The molecule has 0 bridgehead atoms. The van der Waals surface area contributed by atoms with Gasteiger partial charge in [0.1, 0.15) is 0 Å². The van der Waals surface area contributed by atoms with Crippen molar-refractivity contribution in [2.75, 3.05) is 17.2 Å². The predicted molar refractivity (Wildman–Crippen MR) is 67.7 cm³/mol. The van der Waals surface area contributed by atoms with E-state index in [0.717, 1.165) is 6.54 Å². The lowest BCUT2D eigenvalue weighted by atomic mass is 10.1. The summed E-state index contributed by atoms with van der Waals surface area (Å²) < 4.78 is 0. The highest BCUT2D eigenvalue weighted by atomic mass is 15.0. The van der Waals surface area contributed by atoms with Gasteiger partial charge in [-0.2, -0.15) is 0 Å². The molecule has 0 fully saturated rings. The lowest BCUT2D eigenvalue weighted by Crippen LogP contribution is -2.12. The molecule has 2 aromatic carbocycles. The fourth-order valence-corrected chi connectivity index (χ4v) is 2.15. The minimum atomic E-state index is 0.374. The summed E-state index contributed by atoms with van der Waals surface area (Å²) in [7, 11) is 0. The van der Waals surface area contributed by atoms with Gasteiger partial charge in [-0.25, -0.2) is 0 Å². The van der Waals surface area contributed by atoms with Crippen LogP contribution < -0.4 is 10.6 Å². The highest BCUT2D eigenvalue weighted by molar-refractivity contribution is 5.60. The number of anilines is 2. The molecule has 1 aliphatic heterocycles. The van der Waals surface area contributed by atoms with Gasteiger partial charge < -0.3 is 10.6 Å². The number of para-hydroxylation sites is 2. The zero-order valence-corrected chi connectivity index (χ0v) is 8.98.